The minimum absolute atomic E-state index is 0.326. The van der Waals surface area contributed by atoms with E-state index >= 15 is 0 Å². The first-order valence-electron chi connectivity index (χ1n) is 10.8. The number of rotatable bonds is 8. The SMILES string of the molecule is CCNC(=NCC(c1cccs1)N1CCOCC1)NCC1CC1c1ccccc1. The molecule has 0 radical (unpaired) electrons. The first-order valence-corrected chi connectivity index (χ1v) is 11.7. The third kappa shape index (κ3) is 5.59. The fourth-order valence-electron chi connectivity index (χ4n) is 4.08. The number of nitrogens with zero attached hydrogens (tertiary/aromatic N) is 2. The molecular formula is C23H32N4OS. The molecule has 1 saturated heterocycles. The first-order chi connectivity index (χ1) is 14.3. The Bertz CT molecular complexity index is 758. The molecule has 1 aliphatic heterocycles. The van der Waals surface area contributed by atoms with E-state index in [4.69, 9.17) is 9.73 Å². The number of thiophene rings is 1. The van der Waals surface area contributed by atoms with Crippen LogP contribution >= 0.6 is 11.3 Å². The smallest absolute Gasteiger partial charge is 0.191 e. The van der Waals surface area contributed by atoms with E-state index in [1.165, 1.54) is 16.9 Å². The van der Waals surface area contributed by atoms with Crippen molar-refractivity contribution in [2.75, 3.05) is 45.9 Å². The Morgan fingerprint density at radius 2 is 2.00 bits per heavy atom. The summed E-state index contributed by atoms with van der Waals surface area (Å²) in [6.07, 6.45) is 1.27. The quantitative estimate of drug-likeness (QED) is 0.515. The normalized spacial score (nSPS) is 23.6. The highest BCUT2D eigenvalue weighted by molar-refractivity contribution is 7.10. The van der Waals surface area contributed by atoms with Gasteiger partial charge >= 0.3 is 0 Å². The van der Waals surface area contributed by atoms with Gasteiger partial charge < -0.3 is 15.4 Å². The number of aliphatic imine (C=N–C) groups is 1. The number of hydrogen-bond acceptors (Lipinski definition) is 4. The van der Waals surface area contributed by atoms with Crippen molar-refractivity contribution >= 4 is 17.3 Å². The summed E-state index contributed by atoms with van der Waals surface area (Å²) in [6.45, 7) is 8.32. The lowest BCUT2D eigenvalue weighted by atomic mass is 10.1. The molecule has 1 aliphatic carbocycles. The van der Waals surface area contributed by atoms with Crippen LogP contribution in [0.3, 0.4) is 0 Å². The Morgan fingerprint density at radius 3 is 2.72 bits per heavy atom. The summed E-state index contributed by atoms with van der Waals surface area (Å²) in [5.41, 5.74) is 1.46. The fraction of sp³-hybridized carbons (Fsp3) is 0.522. The number of morpholine rings is 1. The summed E-state index contributed by atoms with van der Waals surface area (Å²) in [5, 5.41) is 9.17. The predicted molar refractivity (Wildman–Crippen MR) is 121 cm³/mol. The van der Waals surface area contributed by atoms with Gasteiger partial charge in [0.1, 0.15) is 0 Å². The molecule has 2 N–H and O–H groups in total. The van der Waals surface area contributed by atoms with Crippen LogP contribution in [0.25, 0.3) is 0 Å². The standard InChI is InChI=1S/C23H32N4OS/c1-2-24-23(25-16-19-15-20(19)18-7-4-3-5-8-18)26-17-21(22-9-6-14-29-22)27-10-12-28-13-11-27/h3-9,14,19-21H,2,10-13,15-17H2,1H3,(H2,24,25,26). The molecule has 0 bridgehead atoms. The second-order valence-corrected chi connectivity index (χ2v) is 8.77. The van der Waals surface area contributed by atoms with E-state index in [0.29, 0.717) is 17.9 Å². The molecule has 2 aromatic rings. The van der Waals surface area contributed by atoms with E-state index in [-0.39, 0.29) is 0 Å². The van der Waals surface area contributed by atoms with Crippen LogP contribution in [-0.4, -0.2) is 56.8 Å². The Balaban J connectivity index is 1.35. The molecule has 2 fully saturated rings. The zero-order valence-corrected chi connectivity index (χ0v) is 18.0. The largest absolute Gasteiger partial charge is 0.379 e. The van der Waals surface area contributed by atoms with Gasteiger partial charge in [-0.15, -0.1) is 11.3 Å². The summed E-state index contributed by atoms with van der Waals surface area (Å²) in [7, 11) is 0. The third-order valence-electron chi connectivity index (χ3n) is 5.81. The summed E-state index contributed by atoms with van der Waals surface area (Å²) in [5.74, 6) is 2.33. The number of benzene rings is 1. The van der Waals surface area contributed by atoms with Gasteiger partial charge in [-0.3, -0.25) is 9.89 Å². The molecule has 5 nitrogen and oxygen atoms in total. The van der Waals surface area contributed by atoms with E-state index in [1.807, 2.05) is 11.3 Å². The average molecular weight is 413 g/mol. The molecule has 3 atom stereocenters. The maximum Gasteiger partial charge on any atom is 0.191 e. The monoisotopic (exact) mass is 412 g/mol. The molecule has 1 saturated carbocycles. The van der Waals surface area contributed by atoms with Crippen molar-refractivity contribution in [3.05, 3.63) is 58.3 Å². The zero-order chi connectivity index (χ0) is 19.9. The number of hydrogen-bond donors (Lipinski definition) is 2. The Hall–Kier alpha value is -1.89. The highest BCUT2D eigenvalue weighted by Gasteiger charge is 2.37. The minimum Gasteiger partial charge on any atom is -0.379 e. The van der Waals surface area contributed by atoms with Crippen molar-refractivity contribution in [1.29, 1.82) is 0 Å². The lowest BCUT2D eigenvalue weighted by Crippen LogP contribution is -2.42. The van der Waals surface area contributed by atoms with Crippen LogP contribution in [0.15, 0.2) is 52.8 Å². The van der Waals surface area contributed by atoms with Crippen LogP contribution in [0.4, 0.5) is 0 Å². The van der Waals surface area contributed by atoms with Crippen LogP contribution in [0.1, 0.15) is 35.7 Å². The zero-order valence-electron chi connectivity index (χ0n) is 17.2. The van der Waals surface area contributed by atoms with Gasteiger partial charge in [-0.2, -0.15) is 0 Å². The van der Waals surface area contributed by atoms with E-state index in [1.54, 1.807) is 0 Å². The highest BCUT2D eigenvalue weighted by Crippen LogP contribution is 2.46. The maximum absolute atomic E-state index is 5.55. The summed E-state index contributed by atoms with van der Waals surface area (Å²) in [4.78, 5) is 8.86. The minimum atomic E-state index is 0.326. The van der Waals surface area contributed by atoms with Crippen molar-refractivity contribution in [2.45, 2.75) is 25.3 Å². The third-order valence-corrected chi connectivity index (χ3v) is 6.78. The van der Waals surface area contributed by atoms with Gasteiger partial charge in [0.25, 0.3) is 0 Å². The van der Waals surface area contributed by atoms with Crippen LogP contribution in [0.5, 0.6) is 0 Å². The number of ether oxygens (including phenoxy) is 1. The van der Waals surface area contributed by atoms with E-state index < -0.39 is 0 Å². The molecule has 6 heteroatoms. The van der Waals surface area contributed by atoms with Gasteiger partial charge in [0.2, 0.25) is 0 Å². The molecule has 1 aromatic carbocycles. The summed E-state index contributed by atoms with van der Waals surface area (Å²) < 4.78 is 5.55. The second-order valence-electron chi connectivity index (χ2n) is 7.79. The van der Waals surface area contributed by atoms with E-state index in [9.17, 15) is 0 Å². The van der Waals surface area contributed by atoms with Crippen LogP contribution in [-0.2, 0) is 4.74 Å². The Kier molecular flexibility index (Phi) is 7.19. The molecule has 3 unspecified atom stereocenters. The van der Waals surface area contributed by atoms with Gasteiger partial charge in [-0.25, -0.2) is 0 Å². The van der Waals surface area contributed by atoms with Gasteiger partial charge in [0.15, 0.2) is 5.96 Å². The van der Waals surface area contributed by atoms with Crippen molar-refractivity contribution < 1.29 is 4.74 Å². The molecule has 4 rings (SSSR count). The lowest BCUT2D eigenvalue weighted by molar-refractivity contribution is 0.0186. The van der Waals surface area contributed by atoms with Crippen molar-refractivity contribution in [3.63, 3.8) is 0 Å². The van der Waals surface area contributed by atoms with Crippen LogP contribution in [0.2, 0.25) is 0 Å². The number of nitrogens with one attached hydrogen (secondary N) is 2. The van der Waals surface area contributed by atoms with E-state index in [0.717, 1.165) is 51.9 Å². The lowest BCUT2D eigenvalue weighted by Gasteiger charge is -2.33. The number of guanidine groups is 1. The molecule has 2 heterocycles. The highest BCUT2D eigenvalue weighted by atomic mass is 32.1. The summed E-state index contributed by atoms with van der Waals surface area (Å²) in [6, 6.07) is 15.6. The Morgan fingerprint density at radius 1 is 1.17 bits per heavy atom. The second kappa shape index (κ2) is 10.2. The molecule has 2 aliphatic rings. The van der Waals surface area contributed by atoms with E-state index in [2.05, 4.69) is 70.3 Å². The molecule has 156 valence electrons. The van der Waals surface area contributed by atoms with Crippen molar-refractivity contribution in [1.82, 2.24) is 15.5 Å². The van der Waals surface area contributed by atoms with Crippen molar-refractivity contribution in [3.8, 4) is 0 Å². The first kappa shape index (κ1) is 20.4. The molecule has 0 spiro atoms. The van der Waals surface area contributed by atoms with Gasteiger partial charge in [0, 0.05) is 31.1 Å². The van der Waals surface area contributed by atoms with Gasteiger partial charge in [-0.1, -0.05) is 36.4 Å². The average Bonchev–Trinajstić information content (AvgIpc) is 3.35. The van der Waals surface area contributed by atoms with Gasteiger partial charge in [-0.05, 0) is 42.2 Å². The molecule has 29 heavy (non-hydrogen) atoms. The molecular weight excluding hydrogens is 380 g/mol. The van der Waals surface area contributed by atoms with Gasteiger partial charge in [0.05, 0.1) is 25.8 Å². The van der Waals surface area contributed by atoms with Crippen molar-refractivity contribution in [2.24, 2.45) is 10.9 Å². The topological polar surface area (TPSA) is 48.9 Å². The maximum atomic E-state index is 5.55. The molecule has 1 aromatic heterocycles. The Labute approximate surface area is 178 Å². The van der Waals surface area contributed by atoms with Crippen LogP contribution < -0.4 is 10.6 Å². The molecule has 0 amide bonds. The van der Waals surface area contributed by atoms with Crippen LogP contribution in [0, 0.1) is 5.92 Å². The fourth-order valence-corrected chi connectivity index (χ4v) is 4.94. The predicted octanol–water partition coefficient (Wildman–Crippen LogP) is 3.48. The summed E-state index contributed by atoms with van der Waals surface area (Å²) >= 11 is 1.82.